The quantitative estimate of drug-likeness (QED) is 0.573. The smallest absolute Gasteiger partial charge is 0.453 e. The molecule has 2 saturated heterocycles. The second-order valence-electron chi connectivity index (χ2n) is 11.4. The van der Waals surface area contributed by atoms with Crippen molar-refractivity contribution in [1.82, 2.24) is 20.2 Å². The molecule has 2 amide bonds. The summed E-state index contributed by atoms with van der Waals surface area (Å²) in [6.07, 6.45) is 2.92. The van der Waals surface area contributed by atoms with Crippen LogP contribution in [-0.2, 0) is 18.8 Å². The van der Waals surface area contributed by atoms with E-state index in [1.54, 1.807) is 0 Å². The van der Waals surface area contributed by atoms with Gasteiger partial charge in [0.15, 0.2) is 0 Å². The third kappa shape index (κ3) is 5.27. The molecule has 3 atom stereocenters. The molecule has 4 rings (SSSR count). The Balaban J connectivity index is 1.51. The Bertz CT molecular complexity index is 1110. The average molecular weight is 510 g/mol. The van der Waals surface area contributed by atoms with E-state index in [4.69, 9.17) is 19.0 Å². The highest BCUT2D eigenvalue weighted by Crippen LogP contribution is 2.38. The third-order valence-corrected chi connectivity index (χ3v) is 7.96. The highest BCUT2D eigenvalue weighted by atomic mass is 16.7. The number of alkyl carbamates (subject to hydrolysis) is 1. The second-order valence-corrected chi connectivity index (χ2v) is 11.4. The predicted octanol–water partition coefficient (Wildman–Crippen LogP) is 3.81. The fourth-order valence-electron chi connectivity index (χ4n) is 4.93. The summed E-state index contributed by atoms with van der Waals surface area (Å²) in [6.45, 7) is 14.0. The van der Waals surface area contributed by atoms with E-state index in [2.05, 4.69) is 10.3 Å². The number of ether oxygens (including phenoxy) is 1. The van der Waals surface area contributed by atoms with Gasteiger partial charge in [-0.2, -0.15) is 0 Å². The van der Waals surface area contributed by atoms with Crippen molar-refractivity contribution in [1.29, 1.82) is 0 Å². The summed E-state index contributed by atoms with van der Waals surface area (Å²) in [5, 5.41) is 2.70. The molecule has 0 unspecified atom stereocenters. The van der Waals surface area contributed by atoms with E-state index < -0.39 is 30.5 Å². The Morgan fingerprint density at radius 3 is 2.32 bits per heavy atom. The lowest BCUT2D eigenvalue weighted by Crippen LogP contribution is -2.52. The van der Waals surface area contributed by atoms with Gasteiger partial charge in [-0.15, -0.1) is 0 Å². The van der Waals surface area contributed by atoms with Crippen molar-refractivity contribution in [3.8, 4) is 11.3 Å². The first kappa shape index (κ1) is 27.2. The molecular formula is C27H39BN4O5. The maximum Gasteiger partial charge on any atom is 0.494 e. The Hall–Kier alpha value is -2.85. The number of H-pyrrole nitrogens is 1. The largest absolute Gasteiger partial charge is 0.494 e. The summed E-state index contributed by atoms with van der Waals surface area (Å²) in [7, 11) is 0.881. The van der Waals surface area contributed by atoms with Crippen LogP contribution in [0.15, 0.2) is 30.5 Å². The number of nitrogens with zero attached hydrogens (tertiary/aromatic N) is 2. The zero-order chi connectivity index (χ0) is 27.1. The number of carbonyl (C=O) groups excluding carboxylic acids is 2. The van der Waals surface area contributed by atoms with Crippen molar-refractivity contribution in [2.75, 3.05) is 7.11 Å². The Kier molecular flexibility index (Phi) is 7.45. The SMILES string of the molecule is COC(=O)N[C@H](C(=O)N1[C@@H](C)CC[C@H]1c1nc(-c2ccc(B3OC(C)(C)C(C)(C)O3)cc2)c[nH]1)C(C)C. The van der Waals surface area contributed by atoms with Crippen LogP contribution in [0.1, 0.15) is 73.2 Å². The van der Waals surface area contributed by atoms with Gasteiger partial charge in [-0.05, 0) is 58.8 Å². The Morgan fingerprint density at radius 2 is 1.76 bits per heavy atom. The summed E-state index contributed by atoms with van der Waals surface area (Å²) in [5.74, 6) is 0.526. The van der Waals surface area contributed by atoms with E-state index in [-0.39, 0.29) is 23.9 Å². The number of carbonyl (C=O) groups is 2. The minimum Gasteiger partial charge on any atom is -0.453 e. The number of nitrogens with one attached hydrogen (secondary N) is 2. The number of aromatic nitrogens is 2. The number of methoxy groups -OCH3 is 1. The van der Waals surface area contributed by atoms with Crippen LogP contribution < -0.4 is 10.8 Å². The van der Waals surface area contributed by atoms with Crippen LogP contribution >= 0.6 is 0 Å². The number of benzene rings is 1. The van der Waals surface area contributed by atoms with Gasteiger partial charge < -0.3 is 29.2 Å². The van der Waals surface area contributed by atoms with E-state index >= 15 is 0 Å². The molecule has 0 spiro atoms. The molecule has 200 valence electrons. The minimum atomic E-state index is -0.674. The third-order valence-electron chi connectivity index (χ3n) is 7.96. The molecule has 2 aliphatic heterocycles. The molecule has 2 aromatic rings. The lowest BCUT2D eigenvalue weighted by atomic mass is 9.79. The zero-order valence-corrected chi connectivity index (χ0v) is 23.1. The summed E-state index contributed by atoms with van der Waals surface area (Å²) in [5.41, 5.74) is 1.93. The van der Waals surface area contributed by atoms with Gasteiger partial charge in [-0.25, -0.2) is 9.78 Å². The maximum atomic E-state index is 13.6. The lowest BCUT2D eigenvalue weighted by Gasteiger charge is -2.32. The van der Waals surface area contributed by atoms with Crippen molar-refractivity contribution in [3.05, 3.63) is 36.3 Å². The van der Waals surface area contributed by atoms with E-state index in [1.165, 1.54) is 7.11 Å². The second kappa shape index (κ2) is 10.1. The van der Waals surface area contributed by atoms with E-state index in [1.807, 2.05) is 83.8 Å². The zero-order valence-electron chi connectivity index (χ0n) is 23.1. The summed E-state index contributed by atoms with van der Waals surface area (Å²) >= 11 is 0. The standard InChI is InChI=1S/C27H39BN4O5/c1-16(2)22(31-25(34)35-8)24(33)32-17(3)9-14-21(32)23-29-15-20(30-23)18-10-12-19(13-11-18)28-36-26(4,5)27(6,7)37-28/h10-13,15-17,21-22H,9,14H2,1-8H3,(H,29,30)(H,31,34)/t17-,21-,22-/m0/s1. The summed E-state index contributed by atoms with van der Waals surface area (Å²) in [6, 6.07) is 7.20. The minimum absolute atomic E-state index is 0.0333. The molecular weight excluding hydrogens is 471 g/mol. The Morgan fingerprint density at radius 1 is 1.14 bits per heavy atom. The molecule has 0 aliphatic carbocycles. The van der Waals surface area contributed by atoms with Crippen molar-refractivity contribution in [3.63, 3.8) is 0 Å². The van der Waals surface area contributed by atoms with E-state index in [0.29, 0.717) is 0 Å². The van der Waals surface area contributed by atoms with Crippen molar-refractivity contribution >= 4 is 24.6 Å². The fourth-order valence-corrected chi connectivity index (χ4v) is 4.93. The highest BCUT2D eigenvalue weighted by molar-refractivity contribution is 6.62. The molecule has 10 heteroatoms. The predicted molar refractivity (Wildman–Crippen MR) is 142 cm³/mol. The van der Waals surface area contributed by atoms with Crippen LogP contribution in [-0.4, -0.2) is 64.4 Å². The summed E-state index contributed by atoms with van der Waals surface area (Å²) < 4.78 is 17.1. The van der Waals surface area contributed by atoms with Crippen LogP contribution in [0.3, 0.4) is 0 Å². The normalized spacial score (nSPS) is 23.4. The summed E-state index contributed by atoms with van der Waals surface area (Å²) in [4.78, 5) is 35.4. The average Bonchev–Trinajstić information content (AvgIpc) is 3.52. The number of likely N-dealkylation sites (tertiary alicyclic amines) is 1. The fraction of sp³-hybridized carbons (Fsp3) is 0.593. The molecule has 2 fully saturated rings. The Labute approximate surface area is 219 Å². The molecule has 2 N–H and O–H groups in total. The van der Waals surface area contributed by atoms with Crippen LogP contribution in [0.5, 0.6) is 0 Å². The molecule has 9 nitrogen and oxygen atoms in total. The van der Waals surface area contributed by atoms with Crippen LogP contribution in [0.2, 0.25) is 0 Å². The number of aromatic amines is 1. The van der Waals surface area contributed by atoms with Gasteiger partial charge in [0, 0.05) is 17.8 Å². The topological polar surface area (TPSA) is 106 Å². The van der Waals surface area contributed by atoms with Gasteiger partial charge in [0.2, 0.25) is 5.91 Å². The van der Waals surface area contributed by atoms with Gasteiger partial charge in [0.1, 0.15) is 11.9 Å². The van der Waals surface area contributed by atoms with E-state index in [9.17, 15) is 9.59 Å². The first-order valence-electron chi connectivity index (χ1n) is 13.0. The van der Waals surface area contributed by atoms with Gasteiger partial charge in [0.25, 0.3) is 0 Å². The van der Waals surface area contributed by atoms with Crippen molar-refractivity contribution in [2.24, 2.45) is 5.92 Å². The number of hydrogen-bond donors (Lipinski definition) is 2. The molecule has 3 heterocycles. The van der Waals surface area contributed by atoms with Crippen molar-refractivity contribution < 1.29 is 23.6 Å². The van der Waals surface area contributed by atoms with Crippen molar-refractivity contribution in [2.45, 2.75) is 90.6 Å². The molecule has 37 heavy (non-hydrogen) atoms. The first-order valence-corrected chi connectivity index (χ1v) is 13.0. The molecule has 0 saturated carbocycles. The molecule has 0 radical (unpaired) electrons. The number of hydrogen-bond acceptors (Lipinski definition) is 6. The maximum absolute atomic E-state index is 13.6. The van der Waals surface area contributed by atoms with Gasteiger partial charge in [0.05, 0.1) is 30.0 Å². The molecule has 0 bridgehead atoms. The van der Waals surface area contributed by atoms with Gasteiger partial charge in [-0.3, -0.25) is 4.79 Å². The number of amides is 2. The van der Waals surface area contributed by atoms with Gasteiger partial charge in [-0.1, -0.05) is 38.1 Å². The molecule has 2 aliphatic rings. The van der Waals surface area contributed by atoms with Crippen LogP contribution in [0.4, 0.5) is 4.79 Å². The lowest BCUT2D eigenvalue weighted by molar-refractivity contribution is -0.137. The van der Waals surface area contributed by atoms with Crippen LogP contribution in [0.25, 0.3) is 11.3 Å². The molecule has 1 aromatic carbocycles. The monoisotopic (exact) mass is 510 g/mol. The number of rotatable bonds is 6. The molecule has 1 aromatic heterocycles. The van der Waals surface area contributed by atoms with E-state index in [0.717, 1.165) is 35.4 Å². The highest BCUT2D eigenvalue weighted by Gasteiger charge is 2.51. The first-order chi connectivity index (χ1) is 17.3. The number of imidazole rings is 1. The van der Waals surface area contributed by atoms with Crippen LogP contribution in [0, 0.1) is 5.92 Å². The van der Waals surface area contributed by atoms with Gasteiger partial charge >= 0.3 is 13.2 Å².